The number of likely N-dealkylation sites (N-methyl/N-ethyl adjacent to an activating group) is 1. The first kappa shape index (κ1) is 24.0. The van der Waals surface area contributed by atoms with Crippen molar-refractivity contribution in [2.75, 3.05) is 50.7 Å². The molecule has 1 aromatic carbocycles. The lowest BCUT2D eigenvalue weighted by Crippen LogP contribution is -2.39. The second kappa shape index (κ2) is 11.3. The third-order valence-corrected chi connectivity index (χ3v) is 5.56. The van der Waals surface area contributed by atoms with E-state index in [1.165, 1.54) is 11.3 Å². The number of nitrogen functional groups attached to an aromatic ring is 1. The molecule has 2 heterocycles. The summed E-state index contributed by atoms with van der Waals surface area (Å²) >= 11 is 1.41. The van der Waals surface area contributed by atoms with E-state index in [4.69, 9.17) is 10.5 Å². The molecular weight excluding hydrogens is 440 g/mol. The van der Waals surface area contributed by atoms with Crippen LogP contribution < -0.4 is 21.1 Å². The van der Waals surface area contributed by atoms with Gasteiger partial charge in [0.1, 0.15) is 11.4 Å². The quantitative estimate of drug-likeness (QED) is 0.442. The van der Waals surface area contributed by atoms with Crippen LogP contribution in [0.4, 0.5) is 21.9 Å². The van der Waals surface area contributed by atoms with Gasteiger partial charge in [0.15, 0.2) is 0 Å². The Labute approximate surface area is 197 Å². The van der Waals surface area contributed by atoms with Gasteiger partial charge in [-0.3, -0.25) is 9.78 Å². The molecule has 0 aliphatic heterocycles. The Bertz CT molecular complexity index is 1080. The Hall–Kier alpha value is -3.63. The average molecular weight is 469 g/mol. The van der Waals surface area contributed by atoms with Gasteiger partial charge in [-0.25, -0.2) is 4.79 Å². The molecule has 0 spiro atoms. The average Bonchev–Trinajstić information content (AvgIpc) is 3.21. The number of ether oxygens (including phenoxy) is 1. The molecule has 0 unspecified atom stereocenters. The monoisotopic (exact) mass is 468 g/mol. The van der Waals surface area contributed by atoms with Gasteiger partial charge in [0.05, 0.1) is 18.5 Å². The number of hydrogen-bond acceptors (Lipinski definition) is 7. The van der Waals surface area contributed by atoms with Gasteiger partial charge in [0.25, 0.3) is 5.91 Å². The van der Waals surface area contributed by atoms with E-state index in [1.54, 1.807) is 53.2 Å². The van der Waals surface area contributed by atoms with Gasteiger partial charge < -0.3 is 30.9 Å². The fraction of sp³-hybridized carbons (Fsp3) is 0.261. The molecule has 4 N–H and O–H groups in total. The van der Waals surface area contributed by atoms with Crippen molar-refractivity contribution in [3.8, 4) is 5.75 Å². The number of nitrogens with two attached hydrogens (primary N) is 1. The van der Waals surface area contributed by atoms with Gasteiger partial charge in [0.2, 0.25) is 0 Å². The number of nitrogens with zero attached hydrogens (tertiary/aromatic N) is 3. The van der Waals surface area contributed by atoms with E-state index in [1.807, 2.05) is 31.1 Å². The number of amides is 3. The molecule has 174 valence electrons. The summed E-state index contributed by atoms with van der Waals surface area (Å²) < 4.78 is 5.22. The van der Waals surface area contributed by atoms with Crippen molar-refractivity contribution in [1.82, 2.24) is 14.8 Å². The maximum atomic E-state index is 13.0. The topological polar surface area (TPSA) is 113 Å². The summed E-state index contributed by atoms with van der Waals surface area (Å²) in [5, 5.41) is 9.19. The van der Waals surface area contributed by atoms with Crippen LogP contribution in [0.3, 0.4) is 0 Å². The number of nitrogens with one attached hydrogen (secondary N) is 2. The predicted molar refractivity (Wildman–Crippen MR) is 132 cm³/mol. The Morgan fingerprint density at radius 2 is 1.94 bits per heavy atom. The van der Waals surface area contributed by atoms with Gasteiger partial charge in [-0.2, -0.15) is 0 Å². The molecule has 9 nitrogen and oxygen atoms in total. The Morgan fingerprint density at radius 1 is 1.12 bits per heavy atom. The second-order valence-corrected chi connectivity index (χ2v) is 8.38. The Kier molecular flexibility index (Phi) is 8.22. The standard InChI is InChI=1S/C23H28N6O3S/c1-28(2)9-10-29(23(31)26-17-5-4-6-18(11-17)32-3)13-16-7-8-20(25-12-16)22(30)27-21-15-33-14-19(21)24/h4-8,11-12,14-15H,9-10,13,24H2,1-3H3,(H,26,31)(H,27,30). The van der Waals surface area contributed by atoms with E-state index < -0.39 is 0 Å². The molecule has 3 amide bonds. The summed E-state index contributed by atoms with van der Waals surface area (Å²) in [7, 11) is 5.48. The highest BCUT2D eigenvalue weighted by Crippen LogP contribution is 2.23. The van der Waals surface area contributed by atoms with Crippen molar-refractivity contribution < 1.29 is 14.3 Å². The van der Waals surface area contributed by atoms with Crippen molar-refractivity contribution in [3.05, 3.63) is 64.6 Å². The first-order valence-electron chi connectivity index (χ1n) is 10.3. The molecule has 3 aromatic rings. The van der Waals surface area contributed by atoms with Gasteiger partial charge in [-0.1, -0.05) is 12.1 Å². The first-order valence-corrected chi connectivity index (χ1v) is 11.2. The normalized spacial score (nSPS) is 10.7. The SMILES string of the molecule is COc1cccc(NC(=O)N(CCN(C)C)Cc2ccc(C(=O)Nc3cscc3N)nc2)c1. The largest absolute Gasteiger partial charge is 0.497 e. The van der Waals surface area contributed by atoms with Crippen LogP contribution in [0.2, 0.25) is 0 Å². The third kappa shape index (κ3) is 6.93. The lowest BCUT2D eigenvalue weighted by Gasteiger charge is -2.25. The van der Waals surface area contributed by atoms with E-state index in [9.17, 15) is 9.59 Å². The van der Waals surface area contributed by atoms with Crippen LogP contribution in [-0.2, 0) is 6.54 Å². The Balaban J connectivity index is 1.67. The van der Waals surface area contributed by atoms with Crippen LogP contribution in [0.5, 0.6) is 5.75 Å². The first-order chi connectivity index (χ1) is 15.9. The van der Waals surface area contributed by atoms with Crippen LogP contribution >= 0.6 is 11.3 Å². The number of aromatic nitrogens is 1. The number of benzene rings is 1. The number of rotatable bonds is 9. The summed E-state index contributed by atoms with van der Waals surface area (Å²) in [5.41, 5.74) is 8.62. The number of anilines is 3. The molecule has 0 aliphatic carbocycles. The number of thiophene rings is 1. The molecule has 0 saturated carbocycles. The van der Waals surface area contributed by atoms with Crippen molar-refractivity contribution in [3.63, 3.8) is 0 Å². The van der Waals surface area contributed by atoms with Gasteiger partial charge >= 0.3 is 6.03 Å². The molecule has 0 bridgehead atoms. The highest BCUT2D eigenvalue weighted by atomic mass is 32.1. The molecule has 0 fully saturated rings. The van der Waals surface area contributed by atoms with Crippen LogP contribution in [0.1, 0.15) is 16.1 Å². The molecule has 0 atom stereocenters. The minimum Gasteiger partial charge on any atom is -0.497 e. The molecule has 0 saturated heterocycles. The minimum absolute atomic E-state index is 0.236. The van der Waals surface area contributed by atoms with Crippen molar-refractivity contribution in [2.24, 2.45) is 0 Å². The van der Waals surface area contributed by atoms with Gasteiger partial charge in [-0.05, 0) is 37.9 Å². The fourth-order valence-corrected chi connectivity index (χ4v) is 3.62. The summed E-state index contributed by atoms with van der Waals surface area (Å²) in [6.07, 6.45) is 1.60. The van der Waals surface area contributed by atoms with E-state index in [2.05, 4.69) is 15.6 Å². The highest BCUT2D eigenvalue weighted by molar-refractivity contribution is 7.09. The smallest absolute Gasteiger partial charge is 0.322 e. The zero-order valence-corrected chi connectivity index (χ0v) is 19.7. The number of urea groups is 1. The maximum Gasteiger partial charge on any atom is 0.322 e. The number of carbonyl (C=O) groups excluding carboxylic acids is 2. The Morgan fingerprint density at radius 3 is 2.58 bits per heavy atom. The number of hydrogen-bond donors (Lipinski definition) is 3. The lowest BCUT2D eigenvalue weighted by atomic mass is 10.2. The molecule has 3 rings (SSSR count). The zero-order valence-electron chi connectivity index (χ0n) is 18.9. The number of carbonyl (C=O) groups is 2. The van der Waals surface area contributed by atoms with Crippen LogP contribution in [0, 0.1) is 0 Å². The van der Waals surface area contributed by atoms with Crippen LogP contribution in [0.15, 0.2) is 53.4 Å². The maximum absolute atomic E-state index is 13.0. The number of pyridine rings is 1. The molecule has 0 aliphatic rings. The van der Waals surface area contributed by atoms with E-state index in [0.717, 1.165) is 5.56 Å². The van der Waals surface area contributed by atoms with Crippen molar-refractivity contribution >= 4 is 40.3 Å². The van der Waals surface area contributed by atoms with E-state index >= 15 is 0 Å². The summed E-state index contributed by atoms with van der Waals surface area (Å²) in [5.74, 6) is 0.321. The highest BCUT2D eigenvalue weighted by Gasteiger charge is 2.16. The molecule has 2 aromatic heterocycles. The van der Waals surface area contributed by atoms with E-state index in [-0.39, 0.29) is 17.6 Å². The number of methoxy groups -OCH3 is 1. The van der Waals surface area contributed by atoms with Crippen molar-refractivity contribution in [1.29, 1.82) is 0 Å². The molecule has 10 heteroatoms. The summed E-state index contributed by atoms with van der Waals surface area (Å²) in [4.78, 5) is 33.4. The molecular formula is C23H28N6O3S. The third-order valence-electron chi connectivity index (χ3n) is 4.80. The van der Waals surface area contributed by atoms with Crippen molar-refractivity contribution in [2.45, 2.75) is 6.54 Å². The van der Waals surface area contributed by atoms with Gasteiger partial charge in [-0.15, -0.1) is 11.3 Å². The lowest BCUT2D eigenvalue weighted by molar-refractivity contribution is 0.102. The zero-order chi connectivity index (χ0) is 23.8. The second-order valence-electron chi connectivity index (χ2n) is 7.63. The molecule has 0 radical (unpaired) electrons. The fourth-order valence-electron chi connectivity index (χ4n) is 2.94. The minimum atomic E-state index is -0.341. The van der Waals surface area contributed by atoms with E-state index in [0.29, 0.717) is 42.4 Å². The molecule has 33 heavy (non-hydrogen) atoms. The van der Waals surface area contributed by atoms with Crippen LogP contribution in [-0.4, -0.2) is 61.0 Å². The summed E-state index contributed by atoms with van der Waals surface area (Å²) in [6, 6.07) is 10.4. The van der Waals surface area contributed by atoms with Gasteiger partial charge in [0, 0.05) is 48.3 Å². The predicted octanol–water partition coefficient (Wildman–Crippen LogP) is 3.58. The van der Waals surface area contributed by atoms with Crippen LogP contribution in [0.25, 0.3) is 0 Å². The summed E-state index contributed by atoms with van der Waals surface area (Å²) in [6.45, 7) is 1.56.